The van der Waals surface area contributed by atoms with Crippen LogP contribution in [-0.2, 0) is 0 Å². The zero-order valence-corrected chi connectivity index (χ0v) is 17.2. The van der Waals surface area contributed by atoms with Crippen LogP contribution in [0.1, 0.15) is 36.0 Å². The normalized spacial score (nSPS) is 19.7. The molecular formula is C19H24IN5O. The predicted molar refractivity (Wildman–Crippen MR) is 113 cm³/mol. The number of hydrogen-bond donors (Lipinski definition) is 2. The van der Waals surface area contributed by atoms with Crippen molar-refractivity contribution in [1.82, 2.24) is 15.3 Å². The summed E-state index contributed by atoms with van der Waals surface area (Å²) in [4.78, 5) is 23.2. The maximum atomic E-state index is 12.4. The van der Waals surface area contributed by atoms with Gasteiger partial charge in [0, 0.05) is 41.5 Å². The largest absolute Gasteiger partial charge is 0.363 e. The van der Waals surface area contributed by atoms with Crippen LogP contribution in [0.5, 0.6) is 0 Å². The van der Waals surface area contributed by atoms with Crippen LogP contribution < -0.4 is 15.5 Å². The van der Waals surface area contributed by atoms with Gasteiger partial charge in [-0.1, -0.05) is 6.07 Å². The Morgan fingerprint density at radius 1 is 1.15 bits per heavy atom. The van der Waals surface area contributed by atoms with Gasteiger partial charge < -0.3 is 15.5 Å². The lowest BCUT2D eigenvalue weighted by atomic mass is 9.91. The number of aromatic nitrogens is 2. The quantitative estimate of drug-likeness (QED) is 0.664. The molecule has 1 saturated carbocycles. The molecule has 1 aromatic carbocycles. The molecule has 7 heteroatoms. The Labute approximate surface area is 167 Å². The van der Waals surface area contributed by atoms with Crippen molar-refractivity contribution in [2.75, 3.05) is 24.3 Å². The summed E-state index contributed by atoms with van der Waals surface area (Å²) in [6.45, 7) is 0. The van der Waals surface area contributed by atoms with E-state index in [9.17, 15) is 4.79 Å². The van der Waals surface area contributed by atoms with Crippen LogP contribution in [0.25, 0.3) is 0 Å². The Balaban J connectivity index is 1.50. The summed E-state index contributed by atoms with van der Waals surface area (Å²) in [5.74, 6) is 1.57. The van der Waals surface area contributed by atoms with E-state index >= 15 is 0 Å². The van der Waals surface area contributed by atoms with Gasteiger partial charge in [0.15, 0.2) is 0 Å². The van der Waals surface area contributed by atoms with Crippen LogP contribution in [0.15, 0.2) is 36.5 Å². The number of amides is 1. The molecule has 0 radical (unpaired) electrons. The van der Waals surface area contributed by atoms with Gasteiger partial charge in [0.05, 0.1) is 0 Å². The molecule has 2 N–H and O–H groups in total. The molecular weight excluding hydrogens is 441 g/mol. The number of halogens is 1. The molecule has 26 heavy (non-hydrogen) atoms. The van der Waals surface area contributed by atoms with Gasteiger partial charge in [-0.15, -0.1) is 0 Å². The summed E-state index contributed by atoms with van der Waals surface area (Å²) < 4.78 is 1.07. The van der Waals surface area contributed by atoms with Gasteiger partial charge in [-0.3, -0.25) is 4.79 Å². The highest BCUT2D eigenvalue weighted by Gasteiger charge is 2.23. The lowest BCUT2D eigenvalue weighted by molar-refractivity contribution is 0.0926. The van der Waals surface area contributed by atoms with E-state index in [1.165, 1.54) is 0 Å². The summed E-state index contributed by atoms with van der Waals surface area (Å²) in [5.41, 5.74) is 0.728. The van der Waals surface area contributed by atoms with Crippen molar-refractivity contribution in [1.29, 1.82) is 0 Å². The van der Waals surface area contributed by atoms with Gasteiger partial charge in [0.1, 0.15) is 5.82 Å². The molecule has 3 rings (SSSR count). The lowest BCUT2D eigenvalue weighted by Crippen LogP contribution is -2.40. The van der Waals surface area contributed by atoms with E-state index in [1.807, 2.05) is 49.3 Å². The monoisotopic (exact) mass is 465 g/mol. The van der Waals surface area contributed by atoms with Crippen LogP contribution in [0.3, 0.4) is 0 Å². The molecule has 0 bridgehead atoms. The molecule has 0 atom stereocenters. The van der Waals surface area contributed by atoms with Crippen LogP contribution in [0.4, 0.5) is 11.8 Å². The standard InChI is InChI=1S/C19H24IN5O/c1-25(2)17-10-11-21-19(24-17)23-16-8-6-15(7-9-16)22-18(26)13-4-3-5-14(20)12-13/h3-5,10-12,15-16H,6-9H2,1-2H3,(H,22,26)(H,21,23,24). The molecule has 0 unspecified atom stereocenters. The average Bonchev–Trinajstić information content (AvgIpc) is 2.63. The highest BCUT2D eigenvalue weighted by Crippen LogP contribution is 2.22. The van der Waals surface area contributed by atoms with E-state index in [0.717, 1.165) is 40.6 Å². The minimum Gasteiger partial charge on any atom is -0.363 e. The summed E-state index contributed by atoms with van der Waals surface area (Å²) in [7, 11) is 3.93. The minimum absolute atomic E-state index is 0.0157. The highest BCUT2D eigenvalue weighted by atomic mass is 127. The fourth-order valence-electron chi connectivity index (χ4n) is 3.13. The van der Waals surface area contributed by atoms with E-state index in [1.54, 1.807) is 6.20 Å². The first-order valence-electron chi connectivity index (χ1n) is 8.84. The zero-order valence-electron chi connectivity index (χ0n) is 15.1. The molecule has 0 spiro atoms. The smallest absolute Gasteiger partial charge is 0.251 e. The Bertz CT molecular complexity index is 759. The highest BCUT2D eigenvalue weighted by molar-refractivity contribution is 14.1. The fraction of sp³-hybridized carbons (Fsp3) is 0.421. The van der Waals surface area contributed by atoms with Gasteiger partial charge in [-0.25, -0.2) is 4.98 Å². The zero-order chi connectivity index (χ0) is 18.5. The first-order valence-corrected chi connectivity index (χ1v) is 9.92. The number of carbonyl (C=O) groups is 1. The summed E-state index contributed by atoms with van der Waals surface area (Å²) >= 11 is 2.23. The SMILES string of the molecule is CN(C)c1ccnc(NC2CCC(NC(=O)c3cccc(I)c3)CC2)n1. The van der Waals surface area contributed by atoms with Crippen molar-refractivity contribution < 1.29 is 4.79 Å². The molecule has 1 aromatic heterocycles. The van der Waals surface area contributed by atoms with E-state index in [4.69, 9.17) is 0 Å². The van der Waals surface area contributed by atoms with Gasteiger partial charge in [-0.2, -0.15) is 4.98 Å². The Morgan fingerprint density at radius 3 is 2.58 bits per heavy atom. The summed E-state index contributed by atoms with van der Waals surface area (Å²) in [6, 6.07) is 10.1. The van der Waals surface area contributed by atoms with Gasteiger partial charge >= 0.3 is 0 Å². The Morgan fingerprint density at radius 2 is 1.88 bits per heavy atom. The number of nitrogens with zero attached hydrogens (tertiary/aromatic N) is 3. The average molecular weight is 465 g/mol. The topological polar surface area (TPSA) is 70.2 Å². The first kappa shape index (κ1) is 18.9. The summed E-state index contributed by atoms with van der Waals surface area (Å²) in [6.07, 6.45) is 5.68. The van der Waals surface area contributed by atoms with Crippen molar-refractivity contribution in [3.05, 3.63) is 45.7 Å². The maximum absolute atomic E-state index is 12.4. The third-order valence-corrected chi connectivity index (χ3v) is 5.25. The van der Waals surface area contributed by atoms with Crippen LogP contribution in [-0.4, -0.2) is 42.1 Å². The molecule has 1 aliphatic carbocycles. The third-order valence-electron chi connectivity index (χ3n) is 4.58. The molecule has 0 aliphatic heterocycles. The van der Waals surface area contributed by atoms with E-state index < -0.39 is 0 Å². The molecule has 1 heterocycles. The van der Waals surface area contributed by atoms with Crippen LogP contribution in [0, 0.1) is 3.57 Å². The van der Waals surface area contributed by atoms with Crippen LogP contribution in [0.2, 0.25) is 0 Å². The lowest BCUT2D eigenvalue weighted by Gasteiger charge is -2.29. The number of carbonyl (C=O) groups excluding carboxylic acids is 1. The fourth-order valence-corrected chi connectivity index (χ4v) is 3.67. The summed E-state index contributed by atoms with van der Waals surface area (Å²) in [5, 5.41) is 6.59. The van der Waals surface area contributed by atoms with Crippen molar-refractivity contribution >= 4 is 40.3 Å². The number of hydrogen-bond acceptors (Lipinski definition) is 5. The molecule has 1 fully saturated rings. The van der Waals surface area contributed by atoms with Crippen molar-refractivity contribution in [2.45, 2.75) is 37.8 Å². The number of nitrogens with one attached hydrogen (secondary N) is 2. The van der Waals surface area contributed by atoms with E-state index in [-0.39, 0.29) is 11.9 Å². The second-order valence-corrected chi connectivity index (χ2v) is 8.06. The number of benzene rings is 1. The second-order valence-electron chi connectivity index (χ2n) is 6.81. The third kappa shape index (κ3) is 5.06. The molecule has 138 valence electrons. The van der Waals surface area contributed by atoms with Crippen LogP contribution >= 0.6 is 22.6 Å². The molecule has 0 saturated heterocycles. The van der Waals surface area contributed by atoms with Gasteiger partial charge in [0.2, 0.25) is 5.95 Å². The first-order chi connectivity index (χ1) is 12.5. The molecule has 6 nitrogen and oxygen atoms in total. The second kappa shape index (κ2) is 8.66. The predicted octanol–water partition coefficient (Wildman–Crippen LogP) is 3.30. The van der Waals surface area contributed by atoms with Crippen molar-refractivity contribution in [2.24, 2.45) is 0 Å². The number of anilines is 2. The molecule has 2 aromatic rings. The number of rotatable bonds is 5. The van der Waals surface area contributed by atoms with E-state index in [0.29, 0.717) is 12.0 Å². The van der Waals surface area contributed by atoms with Crippen molar-refractivity contribution in [3.8, 4) is 0 Å². The van der Waals surface area contributed by atoms with Crippen molar-refractivity contribution in [3.63, 3.8) is 0 Å². The molecule has 1 aliphatic rings. The van der Waals surface area contributed by atoms with Gasteiger partial charge in [-0.05, 0) is 72.5 Å². The Kier molecular flexibility index (Phi) is 6.29. The minimum atomic E-state index is 0.0157. The van der Waals surface area contributed by atoms with Gasteiger partial charge in [0.25, 0.3) is 5.91 Å². The molecule has 1 amide bonds. The maximum Gasteiger partial charge on any atom is 0.251 e. The Hall–Kier alpha value is -1.90. The van der Waals surface area contributed by atoms with E-state index in [2.05, 4.69) is 43.2 Å².